The molecule has 1 aromatic heterocycles. The maximum Gasteiger partial charge on any atom is 0.244 e. The van der Waals surface area contributed by atoms with Gasteiger partial charge in [-0.2, -0.15) is 4.98 Å². The fourth-order valence-corrected chi connectivity index (χ4v) is 3.75. The lowest BCUT2D eigenvalue weighted by atomic mass is 9.96. The average molecular weight is 457 g/mol. The van der Waals surface area contributed by atoms with Gasteiger partial charge in [0.25, 0.3) is 0 Å². The molecular formula is C25H36N4O4. The predicted molar refractivity (Wildman–Crippen MR) is 126 cm³/mol. The fourth-order valence-electron chi connectivity index (χ4n) is 3.75. The summed E-state index contributed by atoms with van der Waals surface area (Å²) >= 11 is 0. The number of aromatic nitrogens is 2. The number of benzene rings is 1. The molecule has 8 nitrogen and oxygen atoms in total. The van der Waals surface area contributed by atoms with Crippen molar-refractivity contribution >= 4 is 17.5 Å². The highest BCUT2D eigenvalue weighted by molar-refractivity contribution is 5.95. The maximum atomic E-state index is 13.0. The van der Waals surface area contributed by atoms with Crippen LogP contribution in [0.25, 0.3) is 0 Å². The predicted octanol–water partition coefficient (Wildman–Crippen LogP) is 3.95. The molecule has 2 amide bonds. The summed E-state index contributed by atoms with van der Waals surface area (Å²) in [4.78, 5) is 31.8. The number of hydrogen-bond acceptors (Lipinski definition) is 6. The van der Waals surface area contributed by atoms with Crippen LogP contribution in [0.3, 0.4) is 0 Å². The number of ether oxygens (including phenoxy) is 1. The second-order valence-corrected chi connectivity index (χ2v) is 9.82. The molecule has 1 unspecified atom stereocenters. The van der Waals surface area contributed by atoms with Gasteiger partial charge in [-0.15, -0.1) is 0 Å². The molecule has 1 aromatic carbocycles. The number of carbonyl (C=O) groups is 2. The summed E-state index contributed by atoms with van der Waals surface area (Å²) < 4.78 is 11.0. The van der Waals surface area contributed by atoms with Gasteiger partial charge >= 0.3 is 0 Å². The lowest BCUT2D eigenvalue weighted by Crippen LogP contribution is -2.42. The van der Waals surface area contributed by atoms with Crippen LogP contribution in [-0.4, -0.2) is 52.7 Å². The van der Waals surface area contributed by atoms with Crippen LogP contribution in [0.1, 0.15) is 69.3 Å². The first kappa shape index (κ1) is 24.9. The minimum atomic E-state index is -0.207. The van der Waals surface area contributed by atoms with Gasteiger partial charge in [-0.05, 0) is 50.3 Å². The van der Waals surface area contributed by atoms with Crippen molar-refractivity contribution in [2.75, 3.05) is 25.0 Å². The van der Waals surface area contributed by atoms with E-state index in [4.69, 9.17) is 9.26 Å². The minimum Gasteiger partial charge on any atom is -0.376 e. The van der Waals surface area contributed by atoms with Crippen molar-refractivity contribution in [2.45, 2.75) is 78.2 Å². The van der Waals surface area contributed by atoms with E-state index in [1.807, 2.05) is 52.8 Å². The van der Waals surface area contributed by atoms with Gasteiger partial charge in [0, 0.05) is 37.1 Å². The molecule has 1 N–H and O–H groups in total. The SMILES string of the molecule is Cc1cccc(NC(=O)CN(CC2CCCO2)C(=O)CCCc2nc(C(C)(C)C)no2)c1C. The monoisotopic (exact) mass is 456 g/mol. The standard InChI is InChI=1S/C25H36N4O4/c1-17-9-6-11-20(18(17)2)26-21(30)16-29(15-19-10-8-14-32-19)23(31)13-7-12-22-27-24(28-33-22)25(3,4)5/h6,9,11,19H,7-8,10,12-16H2,1-5H3,(H,26,30). The van der Waals surface area contributed by atoms with Crippen molar-refractivity contribution in [2.24, 2.45) is 0 Å². The van der Waals surface area contributed by atoms with Crippen LogP contribution in [0.5, 0.6) is 0 Å². The van der Waals surface area contributed by atoms with E-state index >= 15 is 0 Å². The molecule has 1 aliphatic rings. The molecule has 1 atom stereocenters. The molecule has 2 heterocycles. The molecule has 2 aromatic rings. The number of carbonyl (C=O) groups excluding carboxylic acids is 2. The van der Waals surface area contributed by atoms with Gasteiger partial charge in [-0.3, -0.25) is 9.59 Å². The molecule has 0 bridgehead atoms. The summed E-state index contributed by atoms with van der Waals surface area (Å²) in [5.41, 5.74) is 2.72. The van der Waals surface area contributed by atoms with Crippen molar-refractivity contribution in [3.63, 3.8) is 0 Å². The van der Waals surface area contributed by atoms with E-state index in [0.29, 0.717) is 44.1 Å². The van der Waals surface area contributed by atoms with Crippen molar-refractivity contribution in [1.29, 1.82) is 0 Å². The van der Waals surface area contributed by atoms with Crippen molar-refractivity contribution < 1.29 is 18.8 Å². The van der Waals surface area contributed by atoms with Crippen molar-refractivity contribution in [3.8, 4) is 0 Å². The molecule has 8 heteroatoms. The highest BCUT2D eigenvalue weighted by atomic mass is 16.5. The second kappa shape index (κ2) is 10.9. The second-order valence-electron chi connectivity index (χ2n) is 9.82. The topological polar surface area (TPSA) is 97.6 Å². The molecule has 0 radical (unpaired) electrons. The molecule has 0 saturated carbocycles. The Morgan fingerprint density at radius 1 is 1.24 bits per heavy atom. The zero-order chi connectivity index (χ0) is 24.0. The number of amides is 2. The highest BCUT2D eigenvalue weighted by Crippen LogP contribution is 2.20. The first-order chi connectivity index (χ1) is 15.6. The largest absolute Gasteiger partial charge is 0.376 e. The maximum absolute atomic E-state index is 13.0. The van der Waals surface area contributed by atoms with Crippen molar-refractivity contribution in [1.82, 2.24) is 15.0 Å². The van der Waals surface area contributed by atoms with Gasteiger partial charge in [0.15, 0.2) is 5.82 Å². The van der Waals surface area contributed by atoms with Gasteiger partial charge in [0.05, 0.1) is 12.6 Å². The Bertz CT molecular complexity index is 958. The summed E-state index contributed by atoms with van der Waals surface area (Å²) in [6, 6.07) is 5.80. The third-order valence-electron chi connectivity index (χ3n) is 5.93. The van der Waals surface area contributed by atoms with Gasteiger partial charge in [-0.25, -0.2) is 0 Å². The summed E-state index contributed by atoms with van der Waals surface area (Å²) in [5.74, 6) is 0.914. The lowest BCUT2D eigenvalue weighted by Gasteiger charge is -2.25. The van der Waals surface area contributed by atoms with E-state index in [1.165, 1.54) is 0 Å². The Balaban J connectivity index is 1.58. The van der Waals surface area contributed by atoms with E-state index in [-0.39, 0.29) is 29.9 Å². The van der Waals surface area contributed by atoms with Gasteiger partial charge < -0.3 is 19.5 Å². The summed E-state index contributed by atoms with van der Waals surface area (Å²) in [7, 11) is 0. The first-order valence-corrected chi connectivity index (χ1v) is 11.7. The number of anilines is 1. The van der Waals surface area contributed by atoms with E-state index < -0.39 is 0 Å². The Labute approximate surface area is 196 Å². The van der Waals surface area contributed by atoms with Gasteiger partial charge in [0.1, 0.15) is 0 Å². The number of nitrogens with zero attached hydrogens (tertiary/aromatic N) is 3. The highest BCUT2D eigenvalue weighted by Gasteiger charge is 2.25. The third-order valence-corrected chi connectivity index (χ3v) is 5.93. The first-order valence-electron chi connectivity index (χ1n) is 11.7. The third kappa shape index (κ3) is 7.12. The molecule has 180 valence electrons. The van der Waals surface area contributed by atoms with Crippen LogP contribution < -0.4 is 5.32 Å². The zero-order valence-electron chi connectivity index (χ0n) is 20.4. The molecule has 0 aliphatic carbocycles. The fraction of sp³-hybridized carbons (Fsp3) is 0.600. The Morgan fingerprint density at radius 3 is 2.70 bits per heavy atom. The van der Waals surface area contributed by atoms with E-state index in [1.54, 1.807) is 4.90 Å². The summed E-state index contributed by atoms with van der Waals surface area (Å²) in [5, 5.41) is 6.98. The summed E-state index contributed by atoms with van der Waals surface area (Å²) in [6.45, 7) is 11.2. The normalized spacial score (nSPS) is 16.1. The Hall–Kier alpha value is -2.74. The number of hydrogen-bond donors (Lipinski definition) is 1. The molecule has 1 saturated heterocycles. The van der Waals surface area contributed by atoms with Crippen LogP contribution in [0.4, 0.5) is 5.69 Å². The van der Waals surface area contributed by atoms with Crippen molar-refractivity contribution in [3.05, 3.63) is 41.0 Å². The molecule has 1 fully saturated rings. The van der Waals surface area contributed by atoms with Crippen LogP contribution >= 0.6 is 0 Å². The van der Waals surface area contributed by atoms with Gasteiger partial charge in [0.2, 0.25) is 17.7 Å². The lowest BCUT2D eigenvalue weighted by molar-refractivity contribution is -0.136. The smallest absolute Gasteiger partial charge is 0.244 e. The molecule has 1 aliphatic heterocycles. The Morgan fingerprint density at radius 2 is 2.03 bits per heavy atom. The zero-order valence-corrected chi connectivity index (χ0v) is 20.4. The average Bonchev–Trinajstić information content (AvgIpc) is 3.43. The van der Waals surface area contributed by atoms with E-state index in [0.717, 1.165) is 29.7 Å². The Kier molecular flexibility index (Phi) is 8.24. The van der Waals surface area contributed by atoms with E-state index in [9.17, 15) is 9.59 Å². The molecule has 0 spiro atoms. The minimum absolute atomic E-state index is 0.000799. The van der Waals surface area contributed by atoms with Crippen LogP contribution in [0.15, 0.2) is 22.7 Å². The van der Waals surface area contributed by atoms with Crippen LogP contribution in [0, 0.1) is 13.8 Å². The van der Waals surface area contributed by atoms with E-state index in [2.05, 4.69) is 15.5 Å². The quantitative estimate of drug-likeness (QED) is 0.614. The number of rotatable bonds is 9. The molecule has 33 heavy (non-hydrogen) atoms. The number of nitrogens with one attached hydrogen (secondary N) is 1. The summed E-state index contributed by atoms with van der Waals surface area (Å²) in [6.07, 6.45) is 3.26. The van der Waals surface area contributed by atoms with Crippen LogP contribution in [0.2, 0.25) is 0 Å². The van der Waals surface area contributed by atoms with Gasteiger partial charge in [-0.1, -0.05) is 38.1 Å². The number of aryl methyl sites for hydroxylation is 2. The van der Waals surface area contributed by atoms with Crippen LogP contribution in [-0.2, 0) is 26.2 Å². The molecule has 3 rings (SSSR count). The molecular weight excluding hydrogens is 420 g/mol.